The van der Waals surface area contributed by atoms with Gasteiger partial charge in [0.05, 0.1) is 5.69 Å². The van der Waals surface area contributed by atoms with Gasteiger partial charge in [0, 0.05) is 37.1 Å². The summed E-state index contributed by atoms with van der Waals surface area (Å²) in [5.74, 6) is 1.79. The number of aromatic amines is 1. The number of hydrogen-bond donors (Lipinski definition) is 2. The molecule has 1 aliphatic heterocycles. The largest absolute Gasteiger partial charge is 0.338 e. The fourth-order valence-electron chi connectivity index (χ4n) is 3.44. The van der Waals surface area contributed by atoms with Crippen LogP contribution in [-0.2, 0) is 0 Å². The van der Waals surface area contributed by atoms with E-state index in [0.29, 0.717) is 22.9 Å². The number of benzene rings is 1. The summed E-state index contributed by atoms with van der Waals surface area (Å²) < 4.78 is 0. The molecule has 0 amide bonds. The normalized spacial score (nSPS) is 15.1. The van der Waals surface area contributed by atoms with Crippen LogP contribution >= 0.6 is 11.8 Å². The van der Waals surface area contributed by atoms with Gasteiger partial charge in [-0.15, -0.1) is 0 Å². The number of H-pyrrole nitrogens is 1. The summed E-state index contributed by atoms with van der Waals surface area (Å²) in [6, 6.07) is 12.1. The third kappa shape index (κ3) is 6.33. The van der Waals surface area contributed by atoms with Crippen LogP contribution in [-0.4, -0.2) is 63.3 Å². The summed E-state index contributed by atoms with van der Waals surface area (Å²) in [4.78, 5) is 19.7. The predicted molar refractivity (Wildman–Crippen MR) is 140 cm³/mol. The second-order valence-electron chi connectivity index (χ2n) is 7.91. The van der Waals surface area contributed by atoms with E-state index in [1.165, 1.54) is 11.8 Å². The van der Waals surface area contributed by atoms with Crippen molar-refractivity contribution in [2.24, 2.45) is 0 Å². The molecule has 2 aromatic heterocycles. The van der Waals surface area contributed by atoms with Gasteiger partial charge in [0.15, 0.2) is 11.0 Å². The fraction of sp³-hybridized carbons (Fsp3) is 0.280. The van der Waals surface area contributed by atoms with Crippen molar-refractivity contribution in [1.82, 2.24) is 30.0 Å². The molecule has 0 saturated carbocycles. The first-order valence-corrected chi connectivity index (χ1v) is 12.2. The highest BCUT2D eigenvalue weighted by atomic mass is 32.2. The lowest BCUT2D eigenvalue weighted by Gasteiger charge is -2.32. The van der Waals surface area contributed by atoms with Gasteiger partial charge in [-0.3, -0.25) is 5.10 Å². The van der Waals surface area contributed by atoms with Crippen LogP contribution in [0.25, 0.3) is 5.57 Å². The quantitative estimate of drug-likeness (QED) is 0.429. The van der Waals surface area contributed by atoms with E-state index in [1.807, 2.05) is 42.5 Å². The van der Waals surface area contributed by atoms with Gasteiger partial charge >= 0.3 is 0 Å². The molecule has 1 saturated heterocycles. The van der Waals surface area contributed by atoms with Gasteiger partial charge in [-0.2, -0.15) is 20.1 Å². The van der Waals surface area contributed by atoms with Crippen molar-refractivity contribution < 1.29 is 0 Å². The lowest BCUT2D eigenvalue weighted by molar-refractivity contribution is 0.311. The average Bonchev–Trinajstić information content (AvgIpc) is 3.31. The third-order valence-corrected chi connectivity index (χ3v) is 6.17. The Labute approximate surface area is 204 Å². The zero-order chi connectivity index (χ0) is 23.8. The molecule has 1 aliphatic rings. The minimum atomic E-state index is 0.471. The maximum absolute atomic E-state index is 4.76. The summed E-state index contributed by atoms with van der Waals surface area (Å²) in [5.41, 5.74) is 1.89. The Balaban J connectivity index is 1.60. The molecule has 0 aliphatic carbocycles. The highest BCUT2D eigenvalue weighted by Crippen LogP contribution is 2.27. The van der Waals surface area contributed by atoms with Crippen LogP contribution in [0.4, 0.5) is 17.7 Å². The van der Waals surface area contributed by atoms with Crippen LogP contribution in [0.1, 0.15) is 19.0 Å². The second-order valence-corrected chi connectivity index (χ2v) is 8.95. The average molecular weight is 475 g/mol. The van der Waals surface area contributed by atoms with Gasteiger partial charge in [-0.05, 0) is 42.9 Å². The van der Waals surface area contributed by atoms with Crippen molar-refractivity contribution in [3.8, 4) is 0 Å². The first-order chi connectivity index (χ1) is 16.6. The maximum atomic E-state index is 4.76. The van der Waals surface area contributed by atoms with Gasteiger partial charge in [0.2, 0.25) is 11.9 Å². The van der Waals surface area contributed by atoms with Crippen molar-refractivity contribution in [3.63, 3.8) is 0 Å². The van der Waals surface area contributed by atoms with Crippen LogP contribution < -0.4 is 10.2 Å². The maximum Gasteiger partial charge on any atom is 0.234 e. The SMILES string of the molecule is C=C/C=C(\C=C/CC)c1cc(Nc2nc(Sc3ccccc3)nc(N3CCN(C)CC3)n2)n[nH]1. The van der Waals surface area contributed by atoms with E-state index < -0.39 is 0 Å². The van der Waals surface area contributed by atoms with Crippen LogP contribution in [0.5, 0.6) is 0 Å². The van der Waals surface area contributed by atoms with E-state index in [-0.39, 0.29) is 0 Å². The van der Waals surface area contributed by atoms with E-state index in [4.69, 9.17) is 9.97 Å². The van der Waals surface area contributed by atoms with Gasteiger partial charge < -0.3 is 15.1 Å². The minimum Gasteiger partial charge on any atom is -0.338 e. The Kier molecular flexibility index (Phi) is 8.11. The molecule has 9 heteroatoms. The van der Waals surface area contributed by atoms with Crippen molar-refractivity contribution in [1.29, 1.82) is 0 Å². The Hall–Kier alpha value is -3.43. The van der Waals surface area contributed by atoms with E-state index in [0.717, 1.165) is 48.8 Å². The molecule has 0 atom stereocenters. The second kappa shape index (κ2) is 11.6. The van der Waals surface area contributed by atoms with Gasteiger partial charge in [-0.1, -0.05) is 56.0 Å². The van der Waals surface area contributed by atoms with Gasteiger partial charge in [0.25, 0.3) is 0 Å². The number of anilines is 3. The smallest absolute Gasteiger partial charge is 0.234 e. The molecule has 0 bridgehead atoms. The minimum absolute atomic E-state index is 0.471. The molecule has 1 fully saturated rings. The molecule has 2 N–H and O–H groups in total. The number of rotatable bonds is 9. The number of piperazine rings is 1. The molecule has 176 valence electrons. The lowest BCUT2D eigenvalue weighted by atomic mass is 10.1. The molecule has 34 heavy (non-hydrogen) atoms. The van der Waals surface area contributed by atoms with Crippen molar-refractivity contribution in [3.05, 3.63) is 73.0 Å². The summed E-state index contributed by atoms with van der Waals surface area (Å²) in [7, 11) is 2.13. The molecular weight excluding hydrogens is 444 g/mol. The number of aromatic nitrogens is 5. The molecule has 0 spiro atoms. The molecular formula is C25H30N8S. The highest BCUT2D eigenvalue weighted by molar-refractivity contribution is 7.99. The first kappa shape index (κ1) is 23.7. The molecule has 0 unspecified atom stereocenters. The molecule has 0 radical (unpaired) electrons. The zero-order valence-corrected chi connectivity index (χ0v) is 20.4. The van der Waals surface area contributed by atoms with Crippen LogP contribution in [0, 0.1) is 0 Å². The van der Waals surface area contributed by atoms with E-state index >= 15 is 0 Å². The Bertz CT molecular complexity index is 1150. The monoisotopic (exact) mass is 474 g/mol. The number of nitrogens with zero attached hydrogens (tertiary/aromatic N) is 6. The van der Waals surface area contributed by atoms with Crippen molar-refractivity contribution in [2.45, 2.75) is 23.4 Å². The third-order valence-electron chi connectivity index (χ3n) is 5.30. The van der Waals surface area contributed by atoms with Crippen molar-refractivity contribution in [2.75, 3.05) is 43.4 Å². The first-order valence-electron chi connectivity index (χ1n) is 11.4. The van der Waals surface area contributed by atoms with Crippen LogP contribution in [0.2, 0.25) is 0 Å². The molecule has 4 rings (SSSR count). The summed E-state index contributed by atoms with van der Waals surface area (Å²) in [6.45, 7) is 9.62. The predicted octanol–water partition coefficient (Wildman–Crippen LogP) is 4.78. The summed E-state index contributed by atoms with van der Waals surface area (Å²) >= 11 is 1.52. The topological polar surface area (TPSA) is 85.9 Å². The number of allylic oxidation sites excluding steroid dienone is 5. The van der Waals surface area contributed by atoms with E-state index in [2.05, 4.69) is 63.0 Å². The summed E-state index contributed by atoms with van der Waals surface area (Å²) in [5, 5.41) is 11.4. The van der Waals surface area contributed by atoms with Crippen molar-refractivity contribution >= 4 is 35.0 Å². The molecule has 1 aromatic carbocycles. The van der Waals surface area contributed by atoms with Crippen LogP contribution in [0.3, 0.4) is 0 Å². The standard InChI is InChI=1S/C25H30N8S/c1-4-6-11-19(10-5-2)21-18-22(31-30-21)26-23-27-24(33-16-14-32(3)15-17-33)29-25(28-23)34-20-12-8-7-9-13-20/h5-13,18H,2,4,14-17H2,1,3H3,(H2,26,27,28,29,30,31)/b11-6-,19-10+. The Morgan fingerprint density at radius 2 is 1.94 bits per heavy atom. The molecule has 3 heterocycles. The highest BCUT2D eigenvalue weighted by Gasteiger charge is 2.19. The molecule has 8 nitrogen and oxygen atoms in total. The number of nitrogens with one attached hydrogen (secondary N) is 2. The van der Waals surface area contributed by atoms with E-state index in [1.54, 1.807) is 6.08 Å². The summed E-state index contributed by atoms with van der Waals surface area (Å²) in [6.07, 6.45) is 8.83. The lowest BCUT2D eigenvalue weighted by Crippen LogP contribution is -2.45. The molecule has 3 aromatic rings. The number of hydrogen-bond acceptors (Lipinski definition) is 8. The fourth-order valence-corrected chi connectivity index (χ4v) is 4.21. The van der Waals surface area contributed by atoms with E-state index in [9.17, 15) is 0 Å². The number of likely N-dealkylation sites (N-methyl/N-ethyl adjacent to an activating group) is 1. The Morgan fingerprint density at radius 1 is 1.15 bits per heavy atom. The van der Waals surface area contributed by atoms with Gasteiger partial charge in [0.1, 0.15) is 0 Å². The Morgan fingerprint density at radius 3 is 2.68 bits per heavy atom. The van der Waals surface area contributed by atoms with Crippen LogP contribution in [0.15, 0.2) is 77.3 Å². The zero-order valence-electron chi connectivity index (χ0n) is 19.6. The van der Waals surface area contributed by atoms with Gasteiger partial charge in [-0.25, -0.2) is 0 Å².